The van der Waals surface area contributed by atoms with Crippen LogP contribution >= 0.6 is 24.0 Å². The molecule has 0 aromatic carbocycles. The Balaban J connectivity index is 0.00000243. The Morgan fingerprint density at radius 2 is 1.92 bits per heavy atom. The molecule has 0 aliphatic carbocycles. The summed E-state index contributed by atoms with van der Waals surface area (Å²) >= 11 is 0. The van der Waals surface area contributed by atoms with Gasteiger partial charge in [0.2, 0.25) is 0 Å². The molecule has 1 aliphatic rings. The van der Waals surface area contributed by atoms with E-state index < -0.39 is 0 Å². The van der Waals surface area contributed by atoms with E-state index in [9.17, 15) is 0 Å². The first-order valence-electron chi connectivity index (χ1n) is 8.70. The lowest BCUT2D eigenvalue weighted by molar-refractivity contribution is 0.371. The van der Waals surface area contributed by atoms with Crippen molar-refractivity contribution < 1.29 is 0 Å². The standard InChI is InChI=1S/C18H27N7.HI/c1-14-16(15(2)23(4)22-14)13-21-18(19-3)25-11-9-24(10-12-25)17-7-5-6-8-20-17;/h5-8H,9-13H2,1-4H3,(H,19,21);1H. The van der Waals surface area contributed by atoms with E-state index in [-0.39, 0.29) is 24.0 Å². The fourth-order valence-electron chi connectivity index (χ4n) is 3.26. The van der Waals surface area contributed by atoms with Gasteiger partial charge in [-0.25, -0.2) is 4.98 Å². The number of rotatable bonds is 3. The second kappa shape index (κ2) is 9.20. The SMILES string of the molecule is CN=C(NCc1c(C)nn(C)c1C)N1CCN(c2ccccn2)CC1.I. The summed E-state index contributed by atoms with van der Waals surface area (Å²) in [6, 6.07) is 6.05. The molecule has 1 saturated heterocycles. The average Bonchev–Trinajstić information content (AvgIpc) is 2.89. The van der Waals surface area contributed by atoms with Crippen molar-refractivity contribution >= 4 is 35.8 Å². The van der Waals surface area contributed by atoms with Gasteiger partial charge in [-0.3, -0.25) is 9.67 Å². The molecule has 0 unspecified atom stereocenters. The summed E-state index contributed by atoms with van der Waals surface area (Å²) in [4.78, 5) is 13.5. The topological polar surface area (TPSA) is 61.6 Å². The van der Waals surface area contributed by atoms with E-state index >= 15 is 0 Å². The van der Waals surface area contributed by atoms with Gasteiger partial charge in [-0.2, -0.15) is 5.10 Å². The molecule has 8 heteroatoms. The molecule has 1 fully saturated rings. The first-order chi connectivity index (χ1) is 12.1. The normalized spacial score (nSPS) is 15.0. The zero-order chi connectivity index (χ0) is 17.8. The predicted octanol–water partition coefficient (Wildman–Crippen LogP) is 1.95. The van der Waals surface area contributed by atoms with E-state index in [2.05, 4.69) is 50.1 Å². The Hall–Kier alpha value is -1.84. The van der Waals surface area contributed by atoms with Crippen molar-refractivity contribution in [1.82, 2.24) is 25.0 Å². The minimum absolute atomic E-state index is 0. The van der Waals surface area contributed by atoms with Gasteiger partial charge >= 0.3 is 0 Å². The van der Waals surface area contributed by atoms with E-state index in [1.807, 2.05) is 37.1 Å². The highest BCUT2D eigenvalue weighted by Gasteiger charge is 2.20. The molecule has 0 atom stereocenters. The van der Waals surface area contributed by atoms with Crippen LogP contribution in [0.4, 0.5) is 5.82 Å². The highest BCUT2D eigenvalue weighted by molar-refractivity contribution is 14.0. The van der Waals surface area contributed by atoms with E-state index in [1.54, 1.807) is 0 Å². The van der Waals surface area contributed by atoms with Crippen molar-refractivity contribution in [1.29, 1.82) is 0 Å². The lowest BCUT2D eigenvalue weighted by Gasteiger charge is -2.37. The predicted molar refractivity (Wildman–Crippen MR) is 116 cm³/mol. The molecule has 3 heterocycles. The number of nitrogens with one attached hydrogen (secondary N) is 1. The van der Waals surface area contributed by atoms with E-state index in [0.717, 1.165) is 50.2 Å². The van der Waals surface area contributed by atoms with Crippen LogP contribution in [0.15, 0.2) is 29.4 Å². The highest BCUT2D eigenvalue weighted by atomic mass is 127. The Morgan fingerprint density at radius 3 is 2.46 bits per heavy atom. The summed E-state index contributed by atoms with van der Waals surface area (Å²) < 4.78 is 1.93. The fourth-order valence-corrected chi connectivity index (χ4v) is 3.26. The second-order valence-corrected chi connectivity index (χ2v) is 6.34. The molecule has 0 saturated carbocycles. The number of guanidine groups is 1. The van der Waals surface area contributed by atoms with Crippen molar-refractivity contribution in [2.45, 2.75) is 20.4 Å². The van der Waals surface area contributed by atoms with E-state index in [0.29, 0.717) is 0 Å². The number of anilines is 1. The lowest BCUT2D eigenvalue weighted by atomic mass is 10.2. The van der Waals surface area contributed by atoms with Gasteiger partial charge in [-0.1, -0.05) is 6.07 Å². The van der Waals surface area contributed by atoms with Crippen LogP contribution in [0.2, 0.25) is 0 Å². The molecule has 26 heavy (non-hydrogen) atoms. The van der Waals surface area contributed by atoms with Gasteiger partial charge in [-0.15, -0.1) is 24.0 Å². The van der Waals surface area contributed by atoms with Crippen LogP contribution in [0, 0.1) is 13.8 Å². The number of aromatic nitrogens is 3. The number of pyridine rings is 1. The molecular formula is C18H28IN7. The molecule has 2 aromatic heterocycles. The largest absolute Gasteiger partial charge is 0.353 e. The van der Waals surface area contributed by atoms with Gasteiger partial charge in [0.15, 0.2) is 5.96 Å². The summed E-state index contributed by atoms with van der Waals surface area (Å²) in [7, 11) is 3.83. The molecule has 0 spiro atoms. The monoisotopic (exact) mass is 469 g/mol. The molecule has 142 valence electrons. The smallest absolute Gasteiger partial charge is 0.194 e. The number of halogens is 1. The van der Waals surface area contributed by atoms with Crippen molar-refractivity contribution in [3.8, 4) is 0 Å². The summed E-state index contributed by atoms with van der Waals surface area (Å²) in [5.41, 5.74) is 3.51. The lowest BCUT2D eigenvalue weighted by Crippen LogP contribution is -2.52. The Kier molecular flexibility index (Phi) is 7.24. The number of nitrogens with zero attached hydrogens (tertiary/aromatic N) is 6. The first kappa shape index (κ1) is 20.5. The quantitative estimate of drug-likeness (QED) is 0.423. The van der Waals surface area contributed by atoms with Crippen LogP contribution in [-0.4, -0.2) is 58.9 Å². The van der Waals surface area contributed by atoms with Gasteiger partial charge < -0.3 is 15.1 Å². The molecule has 7 nitrogen and oxygen atoms in total. The van der Waals surface area contributed by atoms with E-state index in [4.69, 9.17) is 0 Å². The van der Waals surface area contributed by atoms with Crippen molar-refractivity contribution in [2.24, 2.45) is 12.0 Å². The van der Waals surface area contributed by atoms with Crippen molar-refractivity contribution in [2.75, 3.05) is 38.1 Å². The van der Waals surface area contributed by atoms with Crippen molar-refractivity contribution in [3.63, 3.8) is 0 Å². The highest BCUT2D eigenvalue weighted by Crippen LogP contribution is 2.14. The molecule has 2 aromatic rings. The minimum Gasteiger partial charge on any atom is -0.353 e. The number of hydrogen-bond donors (Lipinski definition) is 1. The number of aliphatic imine (C=N–C) groups is 1. The van der Waals surface area contributed by atoms with Gasteiger partial charge in [0, 0.05) is 64.3 Å². The van der Waals surface area contributed by atoms with Crippen molar-refractivity contribution in [3.05, 3.63) is 41.3 Å². The maximum Gasteiger partial charge on any atom is 0.194 e. The molecule has 0 radical (unpaired) electrons. The van der Waals surface area contributed by atoms with Gasteiger partial charge in [0.05, 0.1) is 5.69 Å². The zero-order valence-corrected chi connectivity index (χ0v) is 18.3. The molecule has 1 N–H and O–H groups in total. The summed E-state index contributed by atoms with van der Waals surface area (Å²) in [5, 5.41) is 7.97. The first-order valence-corrected chi connectivity index (χ1v) is 8.70. The van der Waals surface area contributed by atoms with Crippen LogP contribution in [0.3, 0.4) is 0 Å². The fraction of sp³-hybridized carbons (Fsp3) is 0.500. The second-order valence-electron chi connectivity index (χ2n) is 6.34. The third-order valence-corrected chi connectivity index (χ3v) is 4.85. The summed E-state index contributed by atoms with van der Waals surface area (Å²) in [5.74, 6) is 2.00. The van der Waals surface area contributed by atoms with Crippen LogP contribution in [0.25, 0.3) is 0 Å². The molecule has 0 amide bonds. The Morgan fingerprint density at radius 1 is 1.19 bits per heavy atom. The number of hydrogen-bond acceptors (Lipinski definition) is 4. The molecule has 3 rings (SSSR count). The van der Waals surface area contributed by atoms with Crippen LogP contribution < -0.4 is 10.2 Å². The minimum atomic E-state index is 0. The number of piperazine rings is 1. The van der Waals surface area contributed by atoms with Crippen LogP contribution in [0.1, 0.15) is 17.0 Å². The Labute approximate surface area is 172 Å². The molecule has 1 aliphatic heterocycles. The van der Waals surface area contributed by atoms with Crippen LogP contribution in [0.5, 0.6) is 0 Å². The maximum atomic E-state index is 4.48. The zero-order valence-electron chi connectivity index (χ0n) is 15.9. The van der Waals surface area contributed by atoms with Gasteiger partial charge in [0.25, 0.3) is 0 Å². The summed E-state index contributed by atoms with van der Waals surface area (Å²) in [6.07, 6.45) is 1.85. The maximum absolute atomic E-state index is 4.48. The molecular weight excluding hydrogens is 441 g/mol. The van der Waals surface area contributed by atoms with Gasteiger partial charge in [0.1, 0.15) is 5.82 Å². The van der Waals surface area contributed by atoms with Crippen LogP contribution in [-0.2, 0) is 13.6 Å². The van der Waals surface area contributed by atoms with Gasteiger partial charge in [-0.05, 0) is 26.0 Å². The third kappa shape index (κ3) is 4.46. The third-order valence-electron chi connectivity index (χ3n) is 4.85. The molecule has 0 bridgehead atoms. The number of aryl methyl sites for hydroxylation is 2. The summed E-state index contributed by atoms with van der Waals surface area (Å²) in [6.45, 7) is 8.66. The Bertz CT molecular complexity index is 733. The van der Waals surface area contributed by atoms with E-state index in [1.165, 1.54) is 11.3 Å². The average molecular weight is 469 g/mol.